The Morgan fingerprint density at radius 3 is 2.39 bits per heavy atom. The highest BCUT2D eigenvalue weighted by Gasteiger charge is 2.23. The molecule has 1 aliphatic carbocycles. The lowest BCUT2D eigenvalue weighted by molar-refractivity contribution is 0.267. The Bertz CT molecular complexity index is 395. The number of benzene rings is 1. The minimum absolute atomic E-state index is 0.538. The van der Waals surface area contributed by atoms with Crippen LogP contribution in [0.1, 0.15) is 39.5 Å². The van der Waals surface area contributed by atoms with E-state index in [1.807, 2.05) is 18.2 Å². The van der Waals surface area contributed by atoms with Crippen molar-refractivity contribution >= 4 is 28.9 Å². The Balaban J connectivity index is 1.93. The van der Waals surface area contributed by atoms with Crippen molar-refractivity contribution in [3.63, 3.8) is 0 Å². The maximum atomic E-state index is 6.17. The zero-order valence-corrected chi connectivity index (χ0v) is 12.6. The van der Waals surface area contributed by atoms with Crippen LogP contribution in [0.3, 0.4) is 0 Å². The van der Waals surface area contributed by atoms with E-state index in [4.69, 9.17) is 23.2 Å². The van der Waals surface area contributed by atoms with Gasteiger partial charge in [-0.05, 0) is 55.7 Å². The number of hydrogen-bond acceptors (Lipinski definition) is 1. The summed E-state index contributed by atoms with van der Waals surface area (Å²) in [6.45, 7) is 4.65. The van der Waals surface area contributed by atoms with Crippen molar-refractivity contribution in [3.05, 3.63) is 28.2 Å². The molecule has 1 fully saturated rings. The fourth-order valence-corrected chi connectivity index (χ4v) is 3.10. The minimum Gasteiger partial charge on any atom is -0.381 e. The van der Waals surface area contributed by atoms with E-state index in [0.29, 0.717) is 6.04 Å². The van der Waals surface area contributed by atoms with Gasteiger partial charge >= 0.3 is 0 Å². The lowest BCUT2D eigenvalue weighted by Crippen LogP contribution is -2.28. The van der Waals surface area contributed by atoms with Crippen LogP contribution in [0, 0.1) is 11.8 Å². The molecule has 1 aliphatic rings. The largest absolute Gasteiger partial charge is 0.381 e. The lowest BCUT2D eigenvalue weighted by Gasteiger charge is -2.32. The van der Waals surface area contributed by atoms with E-state index in [1.54, 1.807) is 0 Å². The number of nitrogens with one attached hydrogen (secondary N) is 1. The summed E-state index contributed by atoms with van der Waals surface area (Å²) in [4.78, 5) is 0. The monoisotopic (exact) mass is 285 g/mol. The summed E-state index contributed by atoms with van der Waals surface area (Å²) >= 11 is 12.2. The SMILES string of the molecule is CC(C)C1CCC(Nc2cc(Cl)ccc2Cl)CC1. The Morgan fingerprint density at radius 1 is 1.11 bits per heavy atom. The van der Waals surface area contributed by atoms with E-state index >= 15 is 0 Å². The Labute approximate surface area is 120 Å². The standard InChI is InChI=1S/C15H21Cl2N/c1-10(2)11-3-6-13(7-4-11)18-15-9-12(16)5-8-14(15)17/h5,8-11,13,18H,3-4,6-7H2,1-2H3. The van der Waals surface area contributed by atoms with E-state index < -0.39 is 0 Å². The van der Waals surface area contributed by atoms with Gasteiger partial charge in [0.2, 0.25) is 0 Å². The summed E-state index contributed by atoms with van der Waals surface area (Å²) in [5, 5.41) is 5.02. The van der Waals surface area contributed by atoms with Gasteiger partial charge in [0.1, 0.15) is 0 Å². The molecule has 0 atom stereocenters. The molecular weight excluding hydrogens is 265 g/mol. The van der Waals surface area contributed by atoms with Gasteiger partial charge in [0.15, 0.2) is 0 Å². The van der Waals surface area contributed by atoms with Crippen molar-refractivity contribution < 1.29 is 0 Å². The van der Waals surface area contributed by atoms with Gasteiger partial charge in [-0.1, -0.05) is 37.0 Å². The molecule has 2 rings (SSSR count). The predicted octanol–water partition coefficient (Wildman–Crippen LogP) is 5.62. The number of anilines is 1. The molecular formula is C15H21Cl2N. The highest BCUT2D eigenvalue weighted by molar-refractivity contribution is 6.35. The summed E-state index contributed by atoms with van der Waals surface area (Å²) in [6, 6.07) is 6.13. The molecule has 0 aromatic heterocycles. The number of hydrogen-bond donors (Lipinski definition) is 1. The topological polar surface area (TPSA) is 12.0 Å². The first-order valence-electron chi connectivity index (χ1n) is 6.78. The van der Waals surface area contributed by atoms with E-state index in [2.05, 4.69) is 19.2 Å². The van der Waals surface area contributed by atoms with Crippen molar-refractivity contribution in [2.75, 3.05) is 5.32 Å². The molecule has 0 aliphatic heterocycles. The average molecular weight is 286 g/mol. The molecule has 0 spiro atoms. The first-order valence-corrected chi connectivity index (χ1v) is 7.53. The molecule has 0 heterocycles. The van der Waals surface area contributed by atoms with Crippen LogP contribution in [0.25, 0.3) is 0 Å². The summed E-state index contributed by atoms with van der Waals surface area (Å²) in [7, 11) is 0. The molecule has 100 valence electrons. The maximum Gasteiger partial charge on any atom is 0.0638 e. The molecule has 0 amide bonds. The van der Waals surface area contributed by atoms with Crippen molar-refractivity contribution in [2.24, 2.45) is 11.8 Å². The van der Waals surface area contributed by atoms with Gasteiger partial charge in [-0.15, -0.1) is 0 Å². The van der Waals surface area contributed by atoms with Crippen LogP contribution in [0.15, 0.2) is 18.2 Å². The third-order valence-corrected chi connectivity index (χ3v) is 4.57. The molecule has 1 aromatic carbocycles. The smallest absolute Gasteiger partial charge is 0.0638 e. The predicted molar refractivity (Wildman–Crippen MR) is 80.7 cm³/mol. The molecule has 0 radical (unpaired) electrons. The summed E-state index contributed by atoms with van der Waals surface area (Å²) in [5.41, 5.74) is 0.970. The molecule has 0 bridgehead atoms. The molecule has 1 aromatic rings. The second kappa shape index (κ2) is 6.16. The average Bonchev–Trinajstić information content (AvgIpc) is 2.34. The highest BCUT2D eigenvalue weighted by atomic mass is 35.5. The highest BCUT2D eigenvalue weighted by Crippen LogP contribution is 2.33. The van der Waals surface area contributed by atoms with Crippen LogP contribution >= 0.6 is 23.2 Å². The first kappa shape index (κ1) is 14.0. The molecule has 3 heteroatoms. The van der Waals surface area contributed by atoms with E-state index in [9.17, 15) is 0 Å². The summed E-state index contributed by atoms with van der Waals surface area (Å²) in [6.07, 6.45) is 5.08. The van der Waals surface area contributed by atoms with E-state index in [0.717, 1.165) is 27.6 Å². The second-order valence-corrected chi connectivity index (χ2v) is 6.47. The van der Waals surface area contributed by atoms with Gasteiger partial charge in [-0.25, -0.2) is 0 Å². The van der Waals surface area contributed by atoms with Crippen molar-refractivity contribution in [3.8, 4) is 0 Å². The Hall–Kier alpha value is -0.400. The van der Waals surface area contributed by atoms with Gasteiger partial charge in [0.05, 0.1) is 10.7 Å². The maximum absolute atomic E-state index is 6.17. The minimum atomic E-state index is 0.538. The Kier molecular flexibility index (Phi) is 4.80. The molecule has 18 heavy (non-hydrogen) atoms. The van der Waals surface area contributed by atoms with Crippen LogP contribution in [0.5, 0.6) is 0 Å². The van der Waals surface area contributed by atoms with Gasteiger partial charge in [-0.3, -0.25) is 0 Å². The number of halogens is 2. The molecule has 1 N–H and O–H groups in total. The van der Waals surface area contributed by atoms with E-state index in [1.165, 1.54) is 25.7 Å². The number of rotatable bonds is 3. The normalized spacial score (nSPS) is 24.3. The first-order chi connectivity index (χ1) is 8.56. The molecule has 1 nitrogen and oxygen atoms in total. The van der Waals surface area contributed by atoms with Gasteiger partial charge in [0.25, 0.3) is 0 Å². The zero-order valence-electron chi connectivity index (χ0n) is 11.0. The quantitative estimate of drug-likeness (QED) is 0.760. The van der Waals surface area contributed by atoms with Crippen LogP contribution in [0.2, 0.25) is 10.0 Å². The lowest BCUT2D eigenvalue weighted by atomic mass is 9.79. The van der Waals surface area contributed by atoms with Crippen molar-refractivity contribution in [2.45, 2.75) is 45.6 Å². The van der Waals surface area contributed by atoms with Crippen molar-refractivity contribution in [1.82, 2.24) is 0 Å². The van der Waals surface area contributed by atoms with Crippen LogP contribution in [-0.4, -0.2) is 6.04 Å². The van der Waals surface area contributed by atoms with Crippen LogP contribution in [0.4, 0.5) is 5.69 Å². The van der Waals surface area contributed by atoms with Crippen LogP contribution in [-0.2, 0) is 0 Å². The van der Waals surface area contributed by atoms with Gasteiger partial charge in [-0.2, -0.15) is 0 Å². The molecule has 0 saturated heterocycles. The molecule has 1 saturated carbocycles. The van der Waals surface area contributed by atoms with Gasteiger partial charge in [0, 0.05) is 11.1 Å². The molecule has 0 unspecified atom stereocenters. The third kappa shape index (κ3) is 3.55. The van der Waals surface area contributed by atoms with Crippen LogP contribution < -0.4 is 5.32 Å². The van der Waals surface area contributed by atoms with Gasteiger partial charge < -0.3 is 5.32 Å². The fourth-order valence-electron chi connectivity index (χ4n) is 2.76. The summed E-state index contributed by atoms with van der Waals surface area (Å²) < 4.78 is 0. The second-order valence-electron chi connectivity index (χ2n) is 5.62. The summed E-state index contributed by atoms with van der Waals surface area (Å²) in [5.74, 6) is 1.69. The van der Waals surface area contributed by atoms with E-state index in [-0.39, 0.29) is 0 Å². The van der Waals surface area contributed by atoms with Crippen molar-refractivity contribution in [1.29, 1.82) is 0 Å². The fraction of sp³-hybridized carbons (Fsp3) is 0.600. The zero-order chi connectivity index (χ0) is 13.1. The third-order valence-electron chi connectivity index (χ3n) is 4.00. The Morgan fingerprint density at radius 2 is 1.78 bits per heavy atom.